The van der Waals surface area contributed by atoms with E-state index in [9.17, 15) is 13.5 Å². The molecule has 0 heterocycles. The molecule has 0 spiro atoms. The lowest BCUT2D eigenvalue weighted by Gasteiger charge is -2.26. The third kappa shape index (κ3) is 3.28. The zero-order valence-corrected chi connectivity index (χ0v) is 10.4. The van der Waals surface area contributed by atoms with Crippen molar-refractivity contribution >= 4 is 10.0 Å². The van der Waals surface area contributed by atoms with Crippen molar-refractivity contribution in [3.05, 3.63) is 30.3 Å². The van der Waals surface area contributed by atoms with E-state index in [4.69, 9.17) is 0 Å². The summed E-state index contributed by atoms with van der Waals surface area (Å²) in [6.45, 7) is 0. The normalized spacial score (nSPS) is 25.7. The molecule has 1 fully saturated rings. The molecule has 5 heteroatoms. The van der Waals surface area contributed by atoms with Gasteiger partial charge in [0.1, 0.15) is 0 Å². The average molecular weight is 255 g/mol. The molecule has 0 amide bonds. The Morgan fingerprint density at radius 3 is 2.53 bits per heavy atom. The van der Waals surface area contributed by atoms with E-state index in [1.54, 1.807) is 30.3 Å². The maximum absolute atomic E-state index is 12.0. The van der Waals surface area contributed by atoms with Crippen molar-refractivity contribution in [2.45, 2.75) is 42.7 Å². The Bertz CT molecular complexity index is 458. The lowest BCUT2D eigenvalue weighted by molar-refractivity contribution is 0.117. The Hall–Kier alpha value is -0.910. The summed E-state index contributed by atoms with van der Waals surface area (Å²) < 4.78 is 26.7. The van der Waals surface area contributed by atoms with Crippen LogP contribution in [0.3, 0.4) is 0 Å². The summed E-state index contributed by atoms with van der Waals surface area (Å²) in [6.07, 6.45) is 2.55. The monoisotopic (exact) mass is 255 g/mol. The highest BCUT2D eigenvalue weighted by Gasteiger charge is 2.25. The van der Waals surface area contributed by atoms with Gasteiger partial charge in [0, 0.05) is 6.04 Å². The molecule has 2 atom stereocenters. The van der Waals surface area contributed by atoms with Crippen molar-refractivity contribution < 1.29 is 13.5 Å². The molecule has 1 aromatic carbocycles. The predicted molar refractivity (Wildman–Crippen MR) is 65.0 cm³/mol. The Balaban J connectivity index is 2.07. The minimum absolute atomic E-state index is 0.149. The number of hydrogen-bond donors (Lipinski definition) is 2. The topological polar surface area (TPSA) is 66.4 Å². The van der Waals surface area contributed by atoms with Crippen LogP contribution in [0.2, 0.25) is 0 Å². The first kappa shape index (κ1) is 12.5. The largest absolute Gasteiger partial charge is 0.393 e. The van der Waals surface area contributed by atoms with E-state index in [1.165, 1.54) is 0 Å². The molecule has 0 radical (unpaired) electrons. The summed E-state index contributed by atoms with van der Waals surface area (Å²) in [5.41, 5.74) is 0. The van der Waals surface area contributed by atoms with Gasteiger partial charge in [-0.05, 0) is 37.8 Å². The zero-order chi connectivity index (χ0) is 12.3. The van der Waals surface area contributed by atoms with Gasteiger partial charge in [-0.25, -0.2) is 13.1 Å². The highest BCUT2D eigenvalue weighted by Crippen LogP contribution is 2.20. The van der Waals surface area contributed by atoms with Gasteiger partial charge in [0.2, 0.25) is 10.0 Å². The maximum atomic E-state index is 12.0. The minimum atomic E-state index is -3.44. The minimum Gasteiger partial charge on any atom is -0.393 e. The number of benzene rings is 1. The van der Waals surface area contributed by atoms with Crippen LogP contribution in [0.5, 0.6) is 0 Å². The van der Waals surface area contributed by atoms with Crippen LogP contribution in [-0.2, 0) is 10.0 Å². The summed E-state index contributed by atoms with van der Waals surface area (Å²) >= 11 is 0. The molecule has 1 saturated carbocycles. The first-order valence-electron chi connectivity index (χ1n) is 5.83. The van der Waals surface area contributed by atoms with E-state index >= 15 is 0 Å². The third-order valence-corrected chi connectivity index (χ3v) is 4.56. The number of rotatable bonds is 3. The predicted octanol–water partition coefficient (Wildman–Crippen LogP) is 1.27. The molecule has 1 aliphatic carbocycles. The highest BCUT2D eigenvalue weighted by molar-refractivity contribution is 7.89. The second kappa shape index (κ2) is 5.16. The fourth-order valence-corrected chi connectivity index (χ4v) is 3.46. The number of nitrogens with one attached hydrogen (secondary N) is 1. The van der Waals surface area contributed by atoms with Crippen molar-refractivity contribution in [2.75, 3.05) is 0 Å². The number of aliphatic hydroxyl groups is 1. The summed E-state index contributed by atoms with van der Waals surface area (Å²) in [4.78, 5) is 0.278. The molecule has 1 aliphatic rings. The molecule has 1 aromatic rings. The molecule has 94 valence electrons. The van der Waals surface area contributed by atoms with Gasteiger partial charge in [-0.15, -0.1) is 0 Å². The lowest BCUT2D eigenvalue weighted by atomic mass is 9.94. The molecule has 17 heavy (non-hydrogen) atoms. The average Bonchev–Trinajstić information content (AvgIpc) is 2.29. The van der Waals surface area contributed by atoms with Crippen LogP contribution in [0.25, 0.3) is 0 Å². The van der Waals surface area contributed by atoms with Gasteiger partial charge >= 0.3 is 0 Å². The molecule has 0 aromatic heterocycles. The van der Waals surface area contributed by atoms with Gasteiger partial charge in [0.15, 0.2) is 0 Å². The van der Waals surface area contributed by atoms with E-state index in [1.807, 2.05) is 0 Å². The lowest BCUT2D eigenvalue weighted by Crippen LogP contribution is -2.39. The second-order valence-corrected chi connectivity index (χ2v) is 6.17. The Morgan fingerprint density at radius 2 is 1.88 bits per heavy atom. The molecular formula is C12H17NO3S. The Labute approximate surface area is 102 Å². The Kier molecular flexibility index (Phi) is 3.81. The SMILES string of the molecule is O=S(=O)(N[C@H]1CCC[C@@H](O)C1)c1ccccc1. The zero-order valence-electron chi connectivity index (χ0n) is 9.54. The first-order chi connectivity index (χ1) is 8.08. The van der Waals surface area contributed by atoms with Crippen LogP contribution < -0.4 is 4.72 Å². The van der Waals surface area contributed by atoms with Crippen molar-refractivity contribution in [1.82, 2.24) is 4.72 Å². The number of sulfonamides is 1. The second-order valence-electron chi connectivity index (χ2n) is 4.45. The van der Waals surface area contributed by atoms with Crippen LogP contribution >= 0.6 is 0 Å². The van der Waals surface area contributed by atoms with E-state index in [-0.39, 0.29) is 17.0 Å². The molecule has 0 aliphatic heterocycles. The number of aliphatic hydroxyl groups excluding tert-OH is 1. The summed E-state index contributed by atoms with van der Waals surface area (Å²) in [7, 11) is -3.44. The molecule has 0 unspecified atom stereocenters. The third-order valence-electron chi connectivity index (χ3n) is 3.02. The molecule has 2 N–H and O–H groups in total. The maximum Gasteiger partial charge on any atom is 0.240 e. The summed E-state index contributed by atoms with van der Waals surface area (Å²) in [6, 6.07) is 8.17. The van der Waals surface area contributed by atoms with E-state index in [2.05, 4.69) is 4.72 Å². The van der Waals surface area contributed by atoms with E-state index < -0.39 is 10.0 Å². The Morgan fingerprint density at radius 1 is 1.18 bits per heavy atom. The summed E-state index contributed by atoms with van der Waals surface area (Å²) in [5.74, 6) is 0. The molecule has 0 saturated heterocycles. The fourth-order valence-electron chi connectivity index (χ4n) is 2.16. The highest BCUT2D eigenvalue weighted by atomic mass is 32.2. The molecule has 2 rings (SSSR count). The summed E-state index contributed by atoms with van der Waals surface area (Å²) in [5, 5.41) is 9.51. The van der Waals surface area contributed by atoms with E-state index in [0.717, 1.165) is 19.3 Å². The van der Waals surface area contributed by atoms with Gasteiger partial charge in [0.05, 0.1) is 11.0 Å². The molecule has 0 bridgehead atoms. The van der Waals surface area contributed by atoms with Gasteiger partial charge in [-0.1, -0.05) is 18.2 Å². The van der Waals surface area contributed by atoms with Crippen molar-refractivity contribution in [1.29, 1.82) is 0 Å². The smallest absolute Gasteiger partial charge is 0.240 e. The van der Waals surface area contributed by atoms with Crippen LogP contribution in [0, 0.1) is 0 Å². The van der Waals surface area contributed by atoms with Crippen LogP contribution in [0.4, 0.5) is 0 Å². The van der Waals surface area contributed by atoms with Crippen molar-refractivity contribution in [3.8, 4) is 0 Å². The van der Waals surface area contributed by atoms with Gasteiger partial charge in [0.25, 0.3) is 0 Å². The van der Waals surface area contributed by atoms with Crippen LogP contribution in [-0.4, -0.2) is 25.7 Å². The van der Waals surface area contributed by atoms with E-state index in [0.29, 0.717) is 6.42 Å². The van der Waals surface area contributed by atoms with Crippen LogP contribution in [0.15, 0.2) is 35.2 Å². The van der Waals surface area contributed by atoms with Gasteiger partial charge in [-0.3, -0.25) is 0 Å². The standard InChI is InChI=1S/C12H17NO3S/c14-11-6-4-5-10(9-11)13-17(15,16)12-7-2-1-3-8-12/h1-3,7-8,10-11,13-14H,4-6,9H2/t10-,11+/m0/s1. The number of hydrogen-bond acceptors (Lipinski definition) is 3. The first-order valence-corrected chi connectivity index (χ1v) is 7.32. The fraction of sp³-hybridized carbons (Fsp3) is 0.500. The molecular weight excluding hydrogens is 238 g/mol. The van der Waals surface area contributed by atoms with Crippen molar-refractivity contribution in [3.63, 3.8) is 0 Å². The van der Waals surface area contributed by atoms with Crippen molar-refractivity contribution in [2.24, 2.45) is 0 Å². The van der Waals surface area contributed by atoms with Gasteiger partial charge in [-0.2, -0.15) is 0 Å². The van der Waals surface area contributed by atoms with Crippen LogP contribution in [0.1, 0.15) is 25.7 Å². The molecule has 4 nitrogen and oxygen atoms in total. The van der Waals surface area contributed by atoms with Gasteiger partial charge < -0.3 is 5.11 Å². The quantitative estimate of drug-likeness (QED) is 0.854.